The van der Waals surface area contributed by atoms with Crippen LogP contribution in [0.15, 0.2) is 18.2 Å². The van der Waals surface area contributed by atoms with Gasteiger partial charge in [0, 0.05) is 24.7 Å². The summed E-state index contributed by atoms with van der Waals surface area (Å²) in [6.45, 7) is 4.80. The van der Waals surface area contributed by atoms with Gasteiger partial charge in [0.05, 0.1) is 9.95 Å². The molecular formula is C14H20ClN3O2. The molecule has 1 aliphatic rings. The van der Waals surface area contributed by atoms with Crippen molar-refractivity contribution in [1.82, 2.24) is 4.90 Å². The second-order valence-corrected chi connectivity index (χ2v) is 5.91. The quantitative estimate of drug-likeness (QED) is 0.685. The molecule has 1 aromatic carbocycles. The zero-order valence-corrected chi connectivity index (χ0v) is 12.3. The Kier molecular flexibility index (Phi) is 4.96. The van der Waals surface area contributed by atoms with Gasteiger partial charge in [-0.3, -0.25) is 15.0 Å². The van der Waals surface area contributed by atoms with Crippen molar-refractivity contribution < 1.29 is 4.92 Å². The van der Waals surface area contributed by atoms with Gasteiger partial charge in [-0.2, -0.15) is 0 Å². The zero-order chi connectivity index (χ0) is 14.7. The molecule has 0 aromatic heterocycles. The third-order valence-electron chi connectivity index (χ3n) is 4.02. The van der Waals surface area contributed by atoms with Crippen molar-refractivity contribution >= 4 is 17.3 Å². The Hall–Kier alpha value is -1.17. The molecule has 2 rings (SSSR count). The van der Waals surface area contributed by atoms with Gasteiger partial charge >= 0.3 is 0 Å². The highest BCUT2D eigenvalue weighted by atomic mass is 35.5. The lowest BCUT2D eigenvalue weighted by Crippen LogP contribution is -2.39. The largest absolute Gasteiger partial charge is 0.328 e. The highest BCUT2D eigenvalue weighted by Crippen LogP contribution is 2.26. The third kappa shape index (κ3) is 3.69. The maximum Gasteiger partial charge on any atom is 0.270 e. The van der Waals surface area contributed by atoms with Gasteiger partial charge < -0.3 is 5.73 Å². The lowest BCUT2D eigenvalue weighted by molar-refractivity contribution is -0.384. The van der Waals surface area contributed by atoms with Crippen LogP contribution in [0.1, 0.15) is 25.3 Å². The van der Waals surface area contributed by atoms with E-state index >= 15 is 0 Å². The van der Waals surface area contributed by atoms with E-state index < -0.39 is 4.92 Å². The molecule has 5 nitrogen and oxygen atoms in total. The average Bonchev–Trinajstić information content (AvgIpc) is 2.41. The molecule has 1 saturated heterocycles. The van der Waals surface area contributed by atoms with Gasteiger partial charge in [-0.15, -0.1) is 0 Å². The summed E-state index contributed by atoms with van der Waals surface area (Å²) in [4.78, 5) is 12.6. The van der Waals surface area contributed by atoms with Crippen LogP contribution in [0.2, 0.25) is 5.02 Å². The Morgan fingerprint density at radius 2 is 2.15 bits per heavy atom. The minimum atomic E-state index is -0.427. The molecule has 1 heterocycles. The van der Waals surface area contributed by atoms with Crippen molar-refractivity contribution in [2.45, 2.75) is 32.4 Å². The monoisotopic (exact) mass is 297 g/mol. The summed E-state index contributed by atoms with van der Waals surface area (Å²) >= 11 is 6.12. The molecule has 20 heavy (non-hydrogen) atoms. The van der Waals surface area contributed by atoms with Crippen LogP contribution in [0.5, 0.6) is 0 Å². The number of nitrogens with zero attached hydrogens (tertiary/aromatic N) is 2. The van der Waals surface area contributed by atoms with Crippen LogP contribution < -0.4 is 5.73 Å². The topological polar surface area (TPSA) is 72.4 Å². The first kappa shape index (κ1) is 15.2. The van der Waals surface area contributed by atoms with E-state index in [-0.39, 0.29) is 11.7 Å². The fourth-order valence-corrected chi connectivity index (χ4v) is 2.89. The summed E-state index contributed by atoms with van der Waals surface area (Å²) < 4.78 is 0. The Bertz CT molecular complexity index is 485. The van der Waals surface area contributed by atoms with Gasteiger partial charge in [0.2, 0.25) is 0 Å². The van der Waals surface area contributed by atoms with E-state index in [0.717, 1.165) is 38.0 Å². The fraction of sp³-hybridized carbons (Fsp3) is 0.571. The Labute approximate surface area is 123 Å². The standard InChI is InChI=1S/C14H20ClN3O2/c1-10(16)11-4-6-17(7-5-11)9-12-2-3-13(18(19)20)8-14(12)15/h2-3,8,10-11H,4-7,9,16H2,1H3. The van der Waals surface area contributed by atoms with Crippen LogP contribution in [0, 0.1) is 16.0 Å². The van der Waals surface area contributed by atoms with Crippen molar-refractivity contribution in [2.24, 2.45) is 11.7 Å². The molecule has 110 valence electrons. The van der Waals surface area contributed by atoms with E-state index in [1.165, 1.54) is 12.1 Å². The summed E-state index contributed by atoms with van der Waals surface area (Å²) in [5, 5.41) is 11.1. The van der Waals surface area contributed by atoms with Gasteiger partial charge in [0.15, 0.2) is 0 Å². The Morgan fingerprint density at radius 1 is 1.50 bits per heavy atom. The third-order valence-corrected chi connectivity index (χ3v) is 4.37. The maximum atomic E-state index is 10.7. The van der Waals surface area contributed by atoms with E-state index in [4.69, 9.17) is 17.3 Å². The zero-order valence-electron chi connectivity index (χ0n) is 11.6. The molecule has 0 spiro atoms. The highest BCUT2D eigenvalue weighted by Gasteiger charge is 2.22. The van der Waals surface area contributed by atoms with Gasteiger partial charge in [-0.05, 0) is 50.4 Å². The molecule has 1 unspecified atom stereocenters. The number of nitro benzene ring substituents is 1. The molecule has 0 amide bonds. The van der Waals surface area contributed by atoms with E-state index in [2.05, 4.69) is 11.8 Å². The lowest BCUT2D eigenvalue weighted by atomic mass is 9.91. The molecule has 0 saturated carbocycles. The number of nitro groups is 1. The fourth-order valence-electron chi connectivity index (χ4n) is 2.66. The summed E-state index contributed by atoms with van der Waals surface area (Å²) in [6, 6.07) is 4.93. The number of hydrogen-bond acceptors (Lipinski definition) is 4. The summed E-state index contributed by atoms with van der Waals surface area (Å²) in [6.07, 6.45) is 2.20. The molecule has 1 aliphatic heterocycles. The first-order valence-corrected chi connectivity index (χ1v) is 7.26. The lowest BCUT2D eigenvalue weighted by Gasteiger charge is -2.33. The maximum absolute atomic E-state index is 10.7. The normalized spacial score (nSPS) is 18.9. The summed E-state index contributed by atoms with van der Waals surface area (Å²) in [7, 11) is 0. The minimum absolute atomic E-state index is 0.0365. The first-order chi connectivity index (χ1) is 9.47. The van der Waals surface area contributed by atoms with E-state index in [1.807, 2.05) is 0 Å². The van der Waals surface area contributed by atoms with E-state index in [9.17, 15) is 10.1 Å². The molecular weight excluding hydrogens is 278 g/mol. The average molecular weight is 298 g/mol. The predicted molar refractivity (Wildman–Crippen MR) is 79.8 cm³/mol. The molecule has 1 aromatic rings. The number of likely N-dealkylation sites (tertiary alicyclic amines) is 1. The van der Waals surface area contributed by atoms with Crippen LogP contribution in [0.3, 0.4) is 0 Å². The Balaban J connectivity index is 1.96. The van der Waals surface area contributed by atoms with Crippen molar-refractivity contribution in [2.75, 3.05) is 13.1 Å². The van der Waals surface area contributed by atoms with Crippen LogP contribution in [-0.2, 0) is 6.54 Å². The Morgan fingerprint density at radius 3 is 2.65 bits per heavy atom. The molecule has 0 bridgehead atoms. The van der Waals surface area contributed by atoms with Crippen molar-refractivity contribution in [3.05, 3.63) is 38.9 Å². The number of benzene rings is 1. The number of hydrogen-bond donors (Lipinski definition) is 1. The molecule has 6 heteroatoms. The summed E-state index contributed by atoms with van der Waals surface area (Å²) in [5.41, 5.74) is 6.91. The number of non-ortho nitro benzene ring substituents is 1. The number of rotatable bonds is 4. The van der Waals surface area contributed by atoms with Crippen LogP contribution in [0.4, 0.5) is 5.69 Å². The van der Waals surface area contributed by atoms with Gasteiger partial charge in [0.1, 0.15) is 0 Å². The SMILES string of the molecule is CC(N)C1CCN(Cc2ccc([N+](=O)[O-])cc2Cl)CC1. The molecule has 1 fully saturated rings. The summed E-state index contributed by atoms with van der Waals surface area (Å²) in [5.74, 6) is 0.596. The molecule has 2 N–H and O–H groups in total. The second-order valence-electron chi connectivity index (χ2n) is 5.51. The second kappa shape index (κ2) is 6.52. The van der Waals surface area contributed by atoms with Crippen molar-refractivity contribution in [3.8, 4) is 0 Å². The van der Waals surface area contributed by atoms with E-state index in [1.54, 1.807) is 6.07 Å². The van der Waals surface area contributed by atoms with Crippen LogP contribution >= 0.6 is 11.6 Å². The minimum Gasteiger partial charge on any atom is -0.328 e. The van der Waals surface area contributed by atoms with Crippen LogP contribution in [0.25, 0.3) is 0 Å². The van der Waals surface area contributed by atoms with Gasteiger partial charge in [0.25, 0.3) is 5.69 Å². The number of nitrogens with two attached hydrogens (primary N) is 1. The molecule has 0 radical (unpaired) electrons. The number of halogens is 1. The highest BCUT2D eigenvalue weighted by molar-refractivity contribution is 6.31. The smallest absolute Gasteiger partial charge is 0.270 e. The van der Waals surface area contributed by atoms with E-state index in [0.29, 0.717) is 10.9 Å². The van der Waals surface area contributed by atoms with Crippen molar-refractivity contribution in [3.63, 3.8) is 0 Å². The van der Waals surface area contributed by atoms with Gasteiger partial charge in [-0.1, -0.05) is 11.6 Å². The molecule has 1 atom stereocenters. The van der Waals surface area contributed by atoms with Crippen molar-refractivity contribution in [1.29, 1.82) is 0 Å². The van der Waals surface area contributed by atoms with Gasteiger partial charge in [-0.25, -0.2) is 0 Å². The molecule has 0 aliphatic carbocycles. The predicted octanol–water partition coefficient (Wildman–Crippen LogP) is 2.81. The number of piperidine rings is 1. The van der Waals surface area contributed by atoms with Crippen LogP contribution in [-0.4, -0.2) is 29.0 Å². The first-order valence-electron chi connectivity index (χ1n) is 6.88.